The first-order valence-electron chi connectivity index (χ1n) is 4.87. The van der Waals surface area contributed by atoms with Crippen molar-refractivity contribution in [2.75, 3.05) is 11.9 Å². The minimum Gasteiger partial charge on any atom is -0.368 e. The van der Waals surface area contributed by atoms with Crippen LogP contribution in [-0.2, 0) is 9.53 Å². The summed E-state index contributed by atoms with van der Waals surface area (Å²) in [6.45, 7) is 0.643. The van der Waals surface area contributed by atoms with E-state index in [4.69, 9.17) is 4.74 Å². The molecule has 2 heterocycles. The zero-order valence-corrected chi connectivity index (χ0v) is 8.16. The summed E-state index contributed by atoms with van der Waals surface area (Å²) >= 11 is 0. The van der Waals surface area contributed by atoms with E-state index >= 15 is 0 Å². The molecule has 0 spiro atoms. The summed E-state index contributed by atoms with van der Waals surface area (Å²) in [4.78, 5) is 24.8. The number of hydrogen-bond acceptors (Lipinski definition) is 3. The van der Waals surface area contributed by atoms with Gasteiger partial charge in [0.25, 0.3) is 5.91 Å². The molecule has 1 aromatic rings. The molecule has 5 nitrogen and oxygen atoms in total. The zero-order valence-electron chi connectivity index (χ0n) is 8.16. The van der Waals surface area contributed by atoms with E-state index < -0.39 is 0 Å². The maximum atomic E-state index is 11.6. The van der Waals surface area contributed by atoms with Gasteiger partial charge in [0.15, 0.2) is 0 Å². The Morgan fingerprint density at radius 1 is 1.53 bits per heavy atom. The third kappa shape index (κ3) is 2.44. The zero-order chi connectivity index (χ0) is 10.7. The molecular formula is C10H12N2O3. The van der Waals surface area contributed by atoms with Crippen molar-refractivity contribution in [2.24, 2.45) is 0 Å². The summed E-state index contributed by atoms with van der Waals surface area (Å²) in [7, 11) is 0. The van der Waals surface area contributed by atoms with Gasteiger partial charge < -0.3 is 15.0 Å². The van der Waals surface area contributed by atoms with Crippen molar-refractivity contribution in [3.05, 3.63) is 28.7 Å². The highest BCUT2D eigenvalue weighted by atomic mass is 16.5. The van der Waals surface area contributed by atoms with Crippen molar-refractivity contribution in [3.63, 3.8) is 0 Å². The third-order valence-electron chi connectivity index (χ3n) is 2.27. The normalized spacial score (nSPS) is 20.1. The van der Waals surface area contributed by atoms with E-state index in [1.165, 1.54) is 12.3 Å². The maximum Gasteiger partial charge on any atom is 0.253 e. The molecule has 1 atom stereocenters. The van der Waals surface area contributed by atoms with Crippen molar-refractivity contribution in [1.82, 2.24) is 4.98 Å². The Morgan fingerprint density at radius 2 is 2.40 bits per heavy atom. The van der Waals surface area contributed by atoms with Crippen LogP contribution < -0.4 is 10.9 Å². The van der Waals surface area contributed by atoms with Gasteiger partial charge in [0, 0.05) is 18.9 Å². The van der Waals surface area contributed by atoms with Gasteiger partial charge in [-0.1, -0.05) is 0 Å². The van der Waals surface area contributed by atoms with Gasteiger partial charge in [-0.15, -0.1) is 0 Å². The molecular weight excluding hydrogens is 196 g/mol. The van der Waals surface area contributed by atoms with Gasteiger partial charge >= 0.3 is 0 Å². The Labute approximate surface area is 86.5 Å². The van der Waals surface area contributed by atoms with Crippen LogP contribution in [0.2, 0.25) is 0 Å². The first kappa shape index (κ1) is 9.92. The molecule has 0 radical (unpaired) electrons. The maximum absolute atomic E-state index is 11.6. The van der Waals surface area contributed by atoms with Crippen LogP contribution in [0.25, 0.3) is 0 Å². The average Bonchev–Trinajstić information content (AvgIpc) is 2.74. The van der Waals surface area contributed by atoms with Gasteiger partial charge in [0.2, 0.25) is 5.56 Å². The van der Waals surface area contributed by atoms with Gasteiger partial charge in [-0.3, -0.25) is 9.59 Å². The van der Waals surface area contributed by atoms with Crippen LogP contribution >= 0.6 is 0 Å². The second kappa shape index (κ2) is 4.27. The average molecular weight is 208 g/mol. The van der Waals surface area contributed by atoms with Crippen LogP contribution in [0.3, 0.4) is 0 Å². The van der Waals surface area contributed by atoms with Crippen LogP contribution in [-0.4, -0.2) is 23.6 Å². The fourth-order valence-corrected chi connectivity index (χ4v) is 1.50. The van der Waals surface area contributed by atoms with E-state index in [1.54, 1.807) is 6.07 Å². The summed E-state index contributed by atoms with van der Waals surface area (Å²) in [5.74, 6) is -0.153. The molecule has 0 bridgehead atoms. The number of ether oxygens (including phenoxy) is 1. The van der Waals surface area contributed by atoms with Crippen LogP contribution in [0.4, 0.5) is 5.69 Å². The van der Waals surface area contributed by atoms with Crippen LogP contribution in [0.15, 0.2) is 23.1 Å². The van der Waals surface area contributed by atoms with Crippen LogP contribution in [0.5, 0.6) is 0 Å². The lowest BCUT2D eigenvalue weighted by atomic mass is 10.2. The van der Waals surface area contributed by atoms with E-state index in [0.717, 1.165) is 12.8 Å². The van der Waals surface area contributed by atoms with Crippen molar-refractivity contribution >= 4 is 11.6 Å². The molecule has 1 unspecified atom stereocenters. The fraction of sp³-hybridized carbons (Fsp3) is 0.400. The van der Waals surface area contributed by atoms with E-state index in [-0.39, 0.29) is 17.6 Å². The van der Waals surface area contributed by atoms with Crippen LogP contribution in [0, 0.1) is 0 Å². The first-order valence-corrected chi connectivity index (χ1v) is 4.87. The first-order chi connectivity index (χ1) is 7.25. The molecule has 1 fully saturated rings. The van der Waals surface area contributed by atoms with E-state index in [9.17, 15) is 9.59 Å². The standard InChI is InChI=1S/C10H12N2O3/c13-9-4-3-7(6-11-9)12-10(14)8-2-1-5-15-8/h3-4,6,8H,1-2,5H2,(H,11,13)(H,12,14). The number of anilines is 1. The van der Waals surface area contributed by atoms with Gasteiger partial charge in [-0.05, 0) is 18.9 Å². The van der Waals surface area contributed by atoms with Gasteiger partial charge in [-0.2, -0.15) is 0 Å². The van der Waals surface area contributed by atoms with E-state index in [0.29, 0.717) is 12.3 Å². The van der Waals surface area contributed by atoms with Crippen molar-refractivity contribution < 1.29 is 9.53 Å². The van der Waals surface area contributed by atoms with Crippen LogP contribution in [0.1, 0.15) is 12.8 Å². The molecule has 1 aliphatic heterocycles. The minimum atomic E-state index is -0.350. The predicted octanol–water partition coefficient (Wildman–Crippen LogP) is 0.492. The Balaban J connectivity index is 1.99. The van der Waals surface area contributed by atoms with Gasteiger partial charge in [0.1, 0.15) is 6.10 Å². The Hall–Kier alpha value is -1.62. The highest BCUT2D eigenvalue weighted by Crippen LogP contribution is 2.14. The second-order valence-electron chi connectivity index (χ2n) is 3.43. The molecule has 80 valence electrons. The molecule has 1 amide bonds. The highest BCUT2D eigenvalue weighted by molar-refractivity contribution is 5.94. The monoisotopic (exact) mass is 208 g/mol. The minimum absolute atomic E-state index is 0.153. The number of rotatable bonds is 2. The molecule has 2 rings (SSSR count). The van der Waals surface area contributed by atoms with Gasteiger partial charge in [0.05, 0.1) is 5.69 Å². The van der Waals surface area contributed by atoms with E-state index in [1.807, 2.05) is 0 Å². The predicted molar refractivity (Wildman–Crippen MR) is 54.7 cm³/mol. The summed E-state index contributed by atoms with van der Waals surface area (Å²) in [6, 6.07) is 2.93. The summed E-state index contributed by atoms with van der Waals surface area (Å²) in [5.41, 5.74) is 0.389. The molecule has 15 heavy (non-hydrogen) atoms. The highest BCUT2D eigenvalue weighted by Gasteiger charge is 2.23. The number of hydrogen-bond donors (Lipinski definition) is 2. The fourth-order valence-electron chi connectivity index (χ4n) is 1.50. The number of amides is 1. The van der Waals surface area contributed by atoms with Crippen molar-refractivity contribution in [1.29, 1.82) is 0 Å². The molecule has 0 aromatic carbocycles. The molecule has 0 saturated carbocycles. The molecule has 1 aromatic heterocycles. The molecule has 1 aliphatic rings. The number of aromatic amines is 1. The Bertz CT molecular complexity index is 387. The summed E-state index contributed by atoms with van der Waals surface area (Å²) in [5, 5.41) is 2.68. The topological polar surface area (TPSA) is 71.2 Å². The van der Waals surface area contributed by atoms with Gasteiger partial charge in [-0.25, -0.2) is 0 Å². The Kier molecular flexibility index (Phi) is 2.82. The second-order valence-corrected chi connectivity index (χ2v) is 3.43. The lowest BCUT2D eigenvalue weighted by Gasteiger charge is -2.09. The number of pyridine rings is 1. The molecule has 2 N–H and O–H groups in total. The lowest BCUT2D eigenvalue weighted by Crippen LogP contribution is -2.27. The third-order valence-corrected chi connectivity index (χ3v) is 2.27. The molecule has 1 saturated heterocycles. The lowest BCUT2D eigenvalue weighted by molar-refractivity contribution is -0.124. The number of nitrogens with one attached hydrogen (secondary N) is 2. The number of aromatic nitrogens is 1. The summed E-state index contributed by atoms with van der Waals surface area (Å²) < 4.78 is 5.23. The van der Waals surface area contributed by atoms with Crippen molar-refractivity contribution in [2.45, 2.75) is 18.9 Å². The number of H-pyrrole nitrogens is 1. The largest absolute Gasteiger partial charge is 0.368 e. The Morgan fingerprint density at radius 3 is 3.00 bits per heavy atom. The van der Waals surface area contributed by atoms with Crippen molar-refractivity contribution in [3.8, 4) is 0 Å². The SMILES string of the molecule is O=C(Nc1ccc(=O)[nH]c1)C1CCCO1. The number of carbonyl (C=O) groups excluding carboxylic acids is 1. The molecule has 0 aliphatic carbocycles. The van der Waals surface area contributed by atoms with E-state index in [2.05, 4.69) is 10.3 Å². The smallest absolute Gasteiger partial charge is 0.253 e. The summed E-state index contributed by atoms with van der Waals surface area (Å²) in [6.07, 6.45) is 2.80. The number of carbonyl (C=O) groups is 1. The molecule has 5 heteroatoms. The quantitative estimate of drug-likeness (QED) is 0.743.